The predicted octanol–water partition coefficient (Wildman–Crippen LogP) is 3.75. The van der Waals surface area contributed by atoms with E-state index < -0.39 is 18.0 Å². The van der Waals surface area contributed by atoms with Gasteiger partial charge < -0.3 is 14.8 Å². The van der Waals surface area contributed by atoms with Crippen LogP contribution in [0.4, 0.5) is 18.9 Å². The first kappa shape index (κ1) is 20.9. The molecule has 0 radical (unpaired) electrons. The van der Waals surface area contributed by atoms with Gasteiger partial charge in [-0.05, 0) is 55.3 Å². The van der Waals surface area contributed by atoms with Crippen LogP contribution in [0.1, 0.15) is 33.6 Å². The van der Waals surface area contributed by atoms with Crippen LogP contribution in [0.3, 0.4) is 0 Å². The Morgan fingerprint density at radius 3 is 2.39 bits per heavy atom. The molecule has 0 aliphatic carbocycles. The van der Waals surface area contributed by atoms with Crippen molar-refractivity contribution >= 4 is 23.4 Å². The third-order valence-corrected chi connectivity index (χ3v) is 4.96. The minimum atomic E-state index is -4.98. The molecule has 1 N–H and O–H groups in total. The highest BCUT2D eigenvalue weighted by atomic mass is 19.4. The Bertz CT molecular complexity index is 1030. The van der Waals surface area contributed by atoms with Crippen molar-refractivity contribution < 1.29 is 37.0 Å². The van der Waals surface area contributed by atoms with E-state index in [4.69, 9.17) is 9.47 Å². The fourth-order valence-corrected chi connectivity index (χ4v) is 3.44. The number of hydrogen-bond acceptors (Lipinski definition) is 5. The van der Waals surface area contributed by atoms with Crippen LogP contribution in [-0.4, -0.2) is 48.1 Å². The summed E-state index contributed by atoms with van der Waals surface area (Å²) in [5, 5.41) is 1.73. The number of nitrogens with zero attached hydrogens (tertiary/aromatic N) is 1. The van der Waals surface area contributed by atoms with E-state index in [2.05, 4.69) is 0 Å². The molecule has 10 heteroatoms. The Morgan fingerprint density at radius 2 is 1.74 bits per heavy atom. The van der Waals surface area contributed by atoms with Gasteiger partial charge in [-0.1, -0.05) is 0 Å². The lowest BCUT2D eigenvalue weighted by molar-refractivity contribution is -0.167. The number of benzene rings is 2. The van der Waals surface area contributed by atoms with Crippen LogP contribution in [0, 0.1) is 0 Å². The van der Waals surface area contributed by atoms with Gasteiger partial charge in [0.1, 0.15) is 11.5 Å². The first-order chi connectivity index (χ1) is 14.7. The summed E-state index contributed by atoms with van der Waals surface area (Å²) in [7, 11) is 0. The molecular formula is C21H17F3N2O5. The van der Waals surface area contributed by atoms with E-state index in [1.165, 1.54) is 47.4 Å². The van der Waals surface area contributed by atoms with Crippen molar-refractivity contribution in [3.05, 3.63) is 53.6 Å². The SMILES string of the molecule is O=C1c2ccc(Oc3ccc(NC(=O)C(F)(F)F)cc3)cc2C(=O)N1C[C@@H]1CCCO1. The molecule has 0 saturated carbocycles. The normalized spacial score (nSPS) is 18.3. The Kier molecular flexibility index (Phi) is 5.40. The van der Waals surface area contributed by atoms with E-state index in [1.807, 2.05) is 0 Å². The standard InChI is InChI=1S/C21H17F3N2O5/c22-21(23,24)20(29)25-12-3-5-13(6-4-12)31-14-7-8-16-17(10-14)19(28)26(18(16)27)11-15-2-1-9-30-15/h3-8,10,15H,1-2,9,11H2,(H,25,29)/t15-/m0/s1. The molecule has 2 aliphatic heterocycles. The summed E-state index contributed by atoms with van der Waals surface area (Å²) in [6, 6.07) is 9.72. The van der Waals surface area contributed by atoms with Gasteiger partial charge in [0.25, 0.3) is 11.8 Å². The van der Waals surface area contributed by atoms with Gasteiger partial charge in [-0.3, -0.25) is 19.3 Å². The largest absolute Gasteiger partial charge is 0.471 e. The Morgan fingerprint density at radius 1 is 1.06 bits per heavy atom. The summed E-state index contributed by atoms with van der Waals surface area (Å²) in [5.41, 5.74) is 0.448. The Hall–Kier alpha value is -3.40. The molecule has 0 unspecified atom stereocenters. The third kappa shape index (κ3) is 4.38. The minimum Gasteiger partial charge on any atom is -0.457 e. The van der Waals surface area contributed by atoms with Crippen LogP contribution in [0.5, 0.6) is 11.5 Å². The van der Waals surface area contributed by atoms with Crippen LogP contribution < -0.4 is 10.1 Å². The summed E-state index contributed by atoms with van der Waals surface area (Å²) in [6.07, 6.45) is -3.46. The summed E-state index contributed by atoms with van der Waals surface area (Å²) < 4.78 is 48.1. The van der Waals surface area contributed by atoms with Crippen molar-refractivity contribution in [1.29, 1.82) is 0 Å². The zero-order chi connectivity index (χ0) is 22.2. The van der Waals surface area contributed by atoms with Crippen LogP contribution in [-0.2, 0) is 9.53 Å². The quantitative estimate of drug-likeness (QED) is 0.725. The Labute approximate surface area is 174 Å². The summed E-state index contributed by atoms with van der Waals surface area (Å²) >= 11 is 0. The molecule has 0 aromatic heterocycles. The van der Waals surface area contributed by atoms with Crippen molar-refractivity contribution in [3.63, 3.8) is 0 Å². The van der Waals surface area contributed by atoms with Gasteiger partial charge in [-0.2, -0.15) is 13.2 Å². The van der Waals surface area contributed by atoms with Crippen molar-refractivity contribution in [1.82, 2.24) is 4.90 Å². The first-order valence-corrected chi connectivity index (χ1v) is 9.50. The van der Waals surface area contributed by atoms with Crippen LogP contribution in [0.2, 0.25) is 0 Å². The van der Waals surface area contributed by atoms with Crippen LogP contribution in [0.15, 0.2) is 42.5 Å². The third-order valence-electron chi connectivity index (χ3n) is 4.96. The summed E-state index contributed by atoms with van der Waals surface area (Å²) in [4.78, 5) is 37.4. The van der Waals surface area contributed by atoms with Crippen molar-refractivity contribution in [3.8, 4) is 11.5 Å². The number of rotatable bonds is 5. The molecule has 7 nitrogen and oxygen atoms in total. The lowest BCUT2D eigenvalue weighted by Crippen LogP contribution is -2.36. The molecule has 2 aromatic carbocycles. The number of nitrogens with one attached hydrogen (secondary N) is 1. The van der Waals surface area contributed by atoms with E-state index in [9.17, 15) is 27.6 Å². The highest BCUT2D eigenvalue weighted by molar-refractivity contribution is 6.21. The fraction of sp³-hybridized carbons (Fsp3) is 0.286. The summed E-state index contributed by atoms with van der Waals surface area (Å²) in [5.74, 6) is -2.32. The number of hydrogen-bond donors (Lipinski definition) is 1. The average molecular weight is 434 g/mol. The van der Waals surface area contributed by atoms with Crippen molar-refractivity contribution in [2.75, 3.05) is 18.5 Å². The van der Waals surface area contributed by atoms with Gasteiger partial charge in [0.05, 0.1) is 23.8 Å². The highest BCUT2D eigenvalue weighted by Crippen LogP contribution is 2.31. The van der Waals surface area contributed by atoms with E-state index >= 15 is 0 Å². The molecule has 1 fully saturated rings. The predicted molar refractivity (Wildman–Crippen MR) is 102 cm³/mol. The number of fused-ring (bicyclic) bond motifs is 1. The lowest BCUT2D eigenvalue weighted by atomic mass is 10.1. The van der Waals surface area contributed by atoms with Crippen LogP contribution in [0.25, 0.3) is 0 Å². The van der Waals surface area contributed by atoms with Gasteiger partial charge in [0, 0.05) is 12.3 Å². The zero-order valence-corrected chi connectivity index (χ0v) is 16.1. The number of amides is 3. The fourth-order valence-electron chi connectivity index (χ4n) is 3.44. The maximum absolute atomic E-state index is 12.7. The second-order valence-electron chi connectivity index (χ2n) is 7.14. The number of ether oxygens (including phenoxy) is 2. The highest BCUT2D eigenvalue weighted by Gasteiger charge is 2.39. The van der Waals surface area contributed by atoms with E-state index in [1.54, 1.807) is 5.32 Å². The monoisotopic (exact) mass is 434 g/mol. The smallest absolute Gasteiger partial charge is 0.457 e. The molecule has 4 rings (SSSR count). The second-order valence-corrected chi connectivity index (χ2v) is 7.14. The number of alkyl halides is 3. The van der Waals surface area contributed by atoms with Gasteiger partial charge in [-0.25, -0.2) is 0 Å². The molecule has 2 aliphatic rings. The van der Waals surface area contributed by atoms with Crippen molar-refractivity contribution in [2.24, 2.45) is 0 Å². The Balaban J connectivity index is 1.44. The van der Waals surface area contributed by atoms with E-state index in [0.29, 0.717) is 6.61 Å². The second kappa shape index (κ2) is 8.03. The molecular weight excluding hydrogens is 417 g/mol. The topological polar surface area (TPSA) is 84.9 Å². The maximum Gasteiger partial charge on any atom is 0.471 e. The van der Waals surface area contributed by atoms with E-state index in [0.717, 1.165) is 12.8 Å². The van der Waals surface area contributed by atoms with Gasteiger partial charge in [0.2, 0.25) is 0 Å². The number of imide groups is 1. The molecule has 0 spiro atoms. The van der Waals surface area contributed by atoms with Crippen LogP contribution >= 0.6 is 0 Å². The minimum absolute atomic E-state index is 0.0471. The van der Waals surface area contributed by atoms with Gasteiger partial charge in [-0.15, -0.1) is 0 Å². The number of carbonyl (C=O) groups excluding carboxylic acids is 3. The molecule has 1 saturated heterocycles. The number of carbonyl (C=O) groups is 3. The van der Waals surface area contributed by atoms with E-state index in [-0.39, 0.29) is 46.9 Å². The molecule has 2 aromatic rings. The molecule has 162 valence electrons. The number of anilines is 1. The zero-order valence-electron chi connectivity index (χ0n) is 16.1. The molecule has 3 amide bonds. The maximum atomic E-state index is 12.7. The average Bonchev–Trinajstić information content (AvgIpc) is 3.32. The molecule has 1 atom stereocenters. The molecule has 31 heavy (non-hydrogen) atoms. The molecule has 0 bridgehead atoms. The first-order valence-electron chi connectivity index (χ1n) is 9.50. The van der Waals surface area contributed by atoms with Gasteiger partial charge in [0.15, 0.2) is 0 Å². The summed E-state index contributed by atoms with van der Waals surface area (Å²) in [6.45, 7) is 0.818. The molecule has 2 heterocycles. The number of halogens is 3. The van der Waals surface area contributed by atoms with Gasteiger partial charge >= 0.3 is 12.1 Å². The lowest BCUT2D eigenvalue weighted by Gasteiger charge is -2.17. The van der Waals surface area contributed by atoms with Crippen molar-refractivity contribution in [2.45, 2.75) is 25.1 Å².